The molecule has 0 radical (unpaired) electrons. The molecule has 2 fully saturated rings. The molecule has 2 aliphatic heterocycles. The van der Waals surface area contributed by atoms with E-state index in [0.717, 1.165) is 0 Å². The molecule has 20 heavy (non-hydrogen) atoms. The number of hydrazone groups is 1. The summed E-state index contributed by atoms with van der Waals surface area (Å²) in [5.41, 5.74) is 0.402. The van der Waals surface area contributed by atoms with Gasteiger partial charge in [-0.3, -0.25) is 4.90 Å². The van der Waals surface area contributed by atoms with Gasteiger partial charge in [0.2, 0.25) is 5.50 Å². The maximum atomic E-state index is 3.64. The fourth-order valence-electron chi connectivity index (χ4n) is 2.58. The number of unbranched alkanes of at least 4 members (excludes halogenated alkanes) is 3. The molecular formula is C14H29N4S2+. The van der Waals surface area contributed by atoms with E-state index in [0.29, 0.717) is 5.50 Å². The maximum Gasteiger partial charge on any atom is 0.342 e. The lowest BCUT2D eigenvalue weighted by Gasteiger charge is -2.29. The highest BCUT2D eigenvalue weighted by molar-refractivity contribution is 8.83. The molecule has 6 heteroatoms. The van der Waals surface area contributed by atoms with Crippen LogP contribution < -0.4 is 5.32 Å². The molecular weight excluding hydrogens is 288 g/mol. The van der Waals surface area contributed by atoms with Crippen LogP contribution in [0.25, 0.3) is 0 Å². The van der Waals surface area contributed by atoms with Crippen LogP contribution in [0.2, 0.25) is 0 Å². The van der Waals surface area contributed by atoms with Crippen LogP contribution in [0.1, 0.15) is 45.4 Å². The molecule has 116 valence electrons. The van der Waals surface area contributed by atoms with Crippen LogP contribution in [0.15, 0.2) is 0 Å². The Morgan fingerprint density at radius 2 is 2.15 bits per heavy atom. The molecule has 0 aromatic heterocycles. The van der Waals surface area contributed by atoms with Crippen molar-refractivity contribution < 1.29 is 4.68 Å². The molecule has 2 rings (SSSR count). The molecule has 0 spiro atoms. The molecule has 0 bridgehead atoms. The fourth-order valence-corrected chi connectivity index (χ4v) is 5.23. The van der Waals surface area contributed by atoms with Gasteiger partial charge >= 0.3 is 5.17 Å². The zero-order valence-corrected chi connectivity index (χ0v) is 14.7. The fraction of sp³-hybridized carbons (Fsp3) is 0.929. The Labute approximate surface area is 131 Å². The summed E-state index contributed by atoms with van der Waals surface area (Å²) in [4.78, 5) is 2.24. The minimum atomic E-state index is 0.402. The van der Waals surface area contributed by atoms with Gasteiger partial charge in [-0.05, 0) is 44.2 Å². The quantitative estimate of drug-likeness (QED) is 0.461. The molecule has 4 nitrogen and oxygen atoms in total. The highest BCUT2D eigenvalue weighted by Crippen LogP contribution is 2.34. The molecule has 2 heterocycles. The zero-order valence-electron chi connectivity index (χ0n) is 13.1. The first-order valence-electron chi connectivity index (χ1n) is 7.88. The van der Waals surface area contributed by atoms with Crippen LogP contribution in [0.3, 0.4) is 0 Å². The maximum absolute atomic E-state index is 3.64. The van der Waals surface area contributed by atoms with Crippen molar-refractivity contribution in [1.82, 2.24) is 15.2 Å². The smallest absolute Gasteiger partial charge is 0.262 e. The van der Waals surface area contributed by atoms with Gasteiger partial charge in [-0.2, -0.15) is 4.68 Å². The van der Waals surface area contributed by atoms with Gasteiger partial charge in [0.25, 0.3) is 0 Å². The first-order chi connectivity index (χ1) is 9.72. The summed E-state index contributed by atoms with van der Waals surface area (Å²) in [6.07, 6.45) is 8.04. The van der Waals surface area contributed by atoms with Gasteiger partial charge < -0.3 is 0 Å². The lowest BCUT2D eigenvalue weighted by Crippen LogP contribution is -2.48. The van der Waals surface area contributed by atoms with Crippen LogP contribution in [0.5, 0.6) is 0 Å². The van der Waals surface area contributed by atoms with E-state index in [1.54, 1.807) is 0 Å². The van der Waals surface area contributed by atoms with Crippen LogP contribution in [-0.4, -0.2) is 59.0 Å². The Kier molecular flexibility index (Phi) is 6.84. The Bertz CT molecular complexity index is 333. The van der Waals surface area contributed by atoms with E-state index in [-0.39, 0.29) is 0 Å². The molecule has 1 N–H and O–H groups in total. The summed E-state index contributed by atoms with van der Waals surface area (Å²) < 4.78 is 2.50. The normalized spacial score (nSPS) is 27.2. The number of hydrazine groups is 1. The molecule has 0 aromatic carbocycles. The molecule has 0 amide bonds. The Hall–Kier alpha value is -0.0700. The van der Waals surface area contributed by atoms with Gasteiger partial charge in [-0.25, -0.2) is 10.3 Å². The predicted octanol–water partition coefficient (Wildman–Crippen LogP) is 2.78. The number of hydrogen-bond donors (Lipinski definition) is 1. The van der Waals surface area contributed by atoms with Crippen LogP contribution in [0, 0.1) is 0 Å². The molecule has 0 aromatic rings. The monoisotopic (exact) mass is 317 g/mol. The zero-order chi connectivity index (χ0) is 14.4. The Morgan fingerprint density at radius 3 is 2.85 bits per heavy atom. The van der Waals surface area contributed by atoms with E-state index in [1.165, 1.54) is 63.3 Å². The molecule has 0 aliphatic carbocycles. The van der Waals surface area contributed by atoms with Crippen molar-refractivity contribution in [2.75, 3.05) is 33.7 Å². The van der Waals surface area contributed by atoms with Crippen LogP contribution >= 0.6 is 21.6 Å². The van der Waals surface area contributed by atoms with E-state index in [1.807, 2.05) is 21.6 Å². The number of hydrogen-bond acceptors (Lipinski definition) is 4. The van der Waals surface area contributed by atoms with Crippen LogP contribution in [0.4, 0.5) is 0 Å². The van der Waals surface area contributed by atoms with E-state index in [4.69, 9.17) is 0 Å². The second-order valence-electron chi connectivity index (χ2n) is 5.79. The summed E-state index contributed by atoms with van der Waals surface area (Å²) in [7, 11) is 8.07. The molecule has 1 atom stereocenters. The third-order valence-electron chi connectivity index (χ3n) is 3.82. The Morgan fingerprint density at radius 1 is 1.30 bits per heavy atom. The summed E-state index contributed by atoms with van der Waals surface area (Å²) >= 11 is 0. The SMILES string of the molecule is CCCCCCN1CCCC[N+]1=C1NC(N(C)C)SS1. The highest BCUT2D eigenvalue weighted by atomic mass is 33.1. The standard InChI is InChI=1S/C14H28N4S2/c1-4-5-6-7-10-17-11-8-9-12-18(17)14-15-13(16(2)3)19-20-14/h13H,4-12H2,1-3H3/p+1. The lowest BCUT2D eigenvalue weighted by molar-refractivity contribution is -0.698. The third-order valence-corrected chi connectivity index (χ3v) is 6.43. The molecule has 2 aliphatic rings. The minimum Gasteiger partial charge on any atom is -0.262 e. The summed E-state index contributed by atoms with van der Waals surface area (Å²) in [6.45, 7) is 5.88. The Balaban J connectivity index is 1.92. The van der Waals surface area contributed by atoms with E-state index in [2.05, 4.69) is 40.9 Å². The third kappa shape index (κ3) is 4.46. The summed E-state index contributed by atoms with van der Waals surface area (Å²) in [5.74, 6) is 0. The lowest BCUT2D eigenvalue weighted by atomic mass is 10.2. The van der Waals surface area contributed by atoms with Gasteiger partial charge in [0, 0.05) is 10.8 Å². The topological polar surface area (TPSA) is 21.5 Å². The van der Waals surface area contributed by atoms with Gasteiger partial charge in [0.05, 0.1) is 13.1 Å². The summed E-state index contributed by atoms with van der Waals surface area (Å²) in [5, 5.41) is 7.54. The molecule has 0 saturated carbocycles. The van der Waals surface area contributed by atoms with Gasteiger partial charge in [0.15, 0.2) is 0 Å². The number of nitrogens with zero attached hydrogens (tertiary/aromatic N) is 3. The average molecular weight is 318 g/mol. The van der Waals surface area contributed by atoms with E-state index >= 15 is 0 Å². The molecule has 1 unspecified atom stereocenters. The average Bonchev–Trinajstić information content (AvgIpc) is 2.94. The first kappa shape index (κ1) is 16.3. The first-order valence-corrected chi connectivity index (χ1v) is 10.1. The number of nitrogens with one attached hydrogen (secondary N) is 1. The van der Waals surface area contributed by atoms with Crippen molar-refractivity contribution in [3.8, 4) is 0 Å². The number of rotatable bonds is 6. The second-order valence-corrected chi connectivity index (χ2v) is 8.06. The van der Waals surface area contributed by atoms with Crippen molar-refractivity contribution in [2.45, 2.75) is 50.9 Å². The van der Waals surface area contributed by atoms with Crippen molar-refractivity contribution in [3.63, 3.8) is 0 Å². The van der Waals surface area contributed by atoms with Gasteiger partial charge in [0.1, 0.15) is 6.54 Å². The van der Waals surface area contributed by atoms with Crippen molar-refractivity contribution in [1.29, 1.82) is 0 Å². The van der Waals surface area contributed by atoms with Crippen molar-refractivity contribution in [2.24, 2.45) is 0 Å². The second kappa shape index (κ2) is 8.39. The van der Waals surface area contributed by atoms with Crippen LogP contribution in [-0.2, 0) is 0 Å². The van der Waals surface area contributed by atoms with Crippen molar-refractivity contribution >= 4 is 26.8 Å². The van der Waals surface area contributed by atoms with E-state index in [9.17, 15) is 0 Å². The van der Waals surface area contributed by atoms with Crippen molar-refractivity contribution in [3.05, 3.63) is 0 Å². The number of amidine groups is 1. The predicted molar refractivity (Wildman–Crippen MR) is 90.9 cm³/mol. The van der Waals surface area contributed by atoms with Gasteiger partial charge in [-0.15, -0.1) is 0 Å². The van der Waals surface area contributed by atoms with E-state index < -0.39 is 0 Å². The summed E-state index contributed by atoms with van der Waals surface area (Å²) in [6, 6.07) is 0. The van der Waals surface area contributed by atoms with Gasteiger partial charge in [-0.1, -0.05) is 26.2 Å². The minimum absolute atomic E-state index is 0.402. The highest BCUT2D eigenvalue weighted by Gasteiger charge is 2.34. The molecule has 2 saturated heterocycles. The largest absolute Gasteiger partial charge is 0.342 e.